The molecule has 24 heavy (non-hydrogen) atoms. The fourth-order valence-corrected chi connectivity index (χ4v) is 2.94. The quantitative estimate of drug-likeness (QED) is 0.677. The second-order valence-electron chi connectivity index (χ2n) is 5.79. The molecule has 1 fully saturated rings. The van der Waals surface area contributed by atoms with Crippen molar-refractivity contribution in [3.8, 4) is 0 Å². The summed E-state index contributed by atoms with van der Waals surface area (Å²) in [6, 6.07) is 7.68. The van der Waals surface area contributed by atoms with Crippen molar-refractivity contribution in [2.45, 2.75) is 37.3 Å². The number of rotatable bonds is 5. The number of para-hydroxylation sites is 2. The van der Waals surface area contributed by atoms with Gasteiger partial charge in [-0.05, 0) is 12.1 Å². The third kappa shape index (κ3) is 3.04. The Kier molecular flexibility index (Phi) is 5.14. The van der Waals surface area contributed by atoms with Crippen molar-refractivity contribution in [2.75, 3.05) is 13.7 Å². The highest BCUT2D eigenvalue weighted by Crippen LogP contribution is 2.25. The molecule has 3 N–H and O–H groups in total. The van der Waals surface area contributed by atoms with Gasteiger partial charge in [-0.1, -0.05) is 12.1 Å². The van der Waals surface area contributed by atoms with Gasteiger partial charge in [0.25, 0.3) is 0 Å². The lowest BCUT2D eigenvalue weighted by Crippen LogP contribution is -2.59. The molecule has 0 unspecified atom stereocenters. The molecule has 8 heteroatoms. The molecule has 0 amide bonds. The van der Waals surface area contributed by atoms with Gasteiger partial charge in [0.15, 0.2) is 6.29 Å². The second kappa shape index (κ2) is 7.14. The zero-order valence-corrected chi connectivity index (χ0v) is 13.6. The minimum absolute atomic E-state index is 0.0958. The summed E-state index contributed by atoms with van der Waals surface area (Å²) in [7, 11) is 3.25. The van der Waals surface area contributed by atoms with Gasteiger partial charge in [0.1, 0.15) is 36.8 Å². The molecule has 3 rings (SSSR count). The van der Waals surface area contributed by atoms with Crippen molar-refractivity contribution >= 4 is 11.0 Å². The average molecular weight is 338 g/mol. The van der Waals surface area contributed by atoms with E-state index in [1.165, 1.54) is 7.11 Å². The molecule has 0 saturated carbocycles. The number of benzene rings is 1. The molecule has 8 nitrogen and oxygen atoms in total. The zero-order chi connectivity index (χ0) is 17.3. The van der Waals surface area contributed by atoms with Gasteiger partial charge in [0.2, 0.25) is 0 Å². The van der Waals surface area contributed by atoms with Crippen LogP contribution in [0.2, 0.25) is 0 Å². The van der Waals surface area contributed by atoms with Crippen molar-refractivity contribution in [1.82, 2.24) is 9.55 Å². The average Bonchev–Trinajstić information content (AvgIpc) is 2.91. The lowest BCUT2D eigenvalue weighted by molar-refractivity contribution is -0.303. The highest BCUT2D eigenvalue weighted by molar-refractivity contribution is 5.75. The third-order valence-electron chi connectivity index (χ3n) is 4.34. The van der Waals surface area contributed by atoms with E-state index in [0.29, 0.717) is 5.82 Å². The molecule has 0 radical (unpaired) electrons. The predicted molar refractivity (Wildman–Crippen MR) is 84.1 cm³/mol. The minimum Gasteiger partial charge on any atom is -0.394 e. The molecule has 132 valence electrons. The van der Waals surface area contributed by atoms with E-state index in [0.717, 1.165) is 11.0 Å². The molecule has 0 spiro atoms. The summed E-state index contributed by atoms with van der Waals surface area (Å²) in [5.74, 6) is 0.664. The number of hydrogen-bond donors (Lipinski definition) is 3. The van der Waals surface area contributed by atoms with Gasteiger partial charge in [-0.25, -0.2) is 4.98 Å². The lowest BCUT2D eigenvalue weighted by Gasteiger charge is -2.41. The van der Waals surface area contributed by atoms with Gasteiger partial charge >= 0.3 is 0 Å². The van der Waals surface area contributed by atoms with E-state index in [-0.39, 0.29) is 6.61 Å². The molecular weight excluding hydrogens is 316 g/mol. The summed E-state index contributed by atoms with van der Waals surface area (Å²) in [5.41, 5.74) is 1.81. The number of hydrogen-bond acceptors (Lipinski definition) is 7. The van der Waals surface area contributed by atoms with Crippen molar-refractivity contribution in [3.63, 3.8) is 0 Å². The van der Waals surface area contributed by atoms with Crippen molar-refractivity contribution < 1.29 is 29.5 Å². The number of aliphatic hydroxyl groups is 3. The fourth-order valence-electron chi connectivity index (χ4n) is 2.94. The predicted octanol–water partition coefficient (Wildman–Crippen LogP) is -0.456. The van der Waals surface area contributed by atoms with Crippen molar-refractivity contribution in [1.29, 1.82) is 0 Å². The Morgan fingerprint density at radius 1 is 1.25 bits per heavy atom. The first-order valence-electron chi connectivity index (χ1n) is 7.74. The Balaban J connectivity index is 1.76. The smallest absolute Gasteiger partial charge is 0.186 e. The first-order chi connectivity index (χ1) is 11.6. The Labute approximate surface area is 139 Å². The lowest BCUT2D eigenvalue weighted by atomic mass is 9.99. The van der Waals surface area contributed by atoms with E-state index in [2.05, 4.69) is 4.98 Å². The molecule has 2 heterocycles. The van der Waals surface area contributed by atoms with Crippen LogP contribution in [0.15, 0.2) is 24.3 Å². The van der Waals surface area contributed by atoms with Crippen LogP contribution >= 0.6 is 0 Å². The van der Waals surface area contributed by atoms with Crippen LogP contribution < -0.4 is 0 Å². The number of aromatic nitrogens is 2. The van der Waals surface area contributed by atoms with Gasteiger partial charge in [-0.3, -0.25) is 0 Å². The number of ether oxygens (including phenoxy) is 3. The van der Waals surface area contributed by atoms with Crippen LogP contribution in [-0.4, -0.2) is 69.3 Å². The van der Waals surface area contributed by atoms with Gasteiger partial charge in [0, 0.05) is 14.2 Å². The fraction of sp³-hybridized carbons (Fsp3) is 0.562. The van der Waals surface area contributed by atoms with Crippen LogP contribution in [0.4, 0.5) is 0 Å². The van der Waals surface area contributed by atoms with E-state index in [1.807, 2.05) is 35.9 Å². The van der Waals surface area contributed by atoms with Crippen LogP contribution in [0.25, 0.3) is 11.0 Å². The number of imidazole rings is 1. The summed E-state index contributed by atoms with van der Waals surface area (Å²) >= 11 is 0. The van der Waals surface area contributed by atoms with Crippen LogP contribution in [0, 0.1) is 0 Å². The van der Waals surface area contributed by atoms with Crippen LogP contribution in [-0.2, 0) is 27.9 Å². The summed E-state index contributed by atoms with van der Waals surface area (Å²) in [6.45, 7) is -0.307. The first kappa shape index (κ1) is 17.3. The van der Waals surface area contributed by atoms with Gasteiger partial charge < -0.3 is 34.1 Å². The maximum absolute atomic E-state index is 10.3. The molecule has 1 aromatic carbocycles. The van der Waals surface area contributed by atoms with Crippen molar-refractivity contribution in [2.24, 2.45) is 7.05 Å². The van der Waals surface area contributed by atoms with E-state index >= 15 is 0 Å². The maximum Gasteiger partial charge on any atom is 0.186 e. The second-order valence-corrected chi connectivity index (χ2v) is 5.79. The van der Waals surface area contributed by atoms with E-state index in [4.69, 9.17) is 14.2 Å². The monoisotopic (exact) mass is 338 g/mol. The van der Waals surface area contributed by atoms with Gasteiger partial charge in [-0.2, -0.15) is 0 Å². The molecule has 1 saturated heterocycles. The summed E-state index contributed by atoms with van der Waals surface area (Å²) in [6.07, 6.45) is -5.17. The maximum atomic E-state index is 10.3. The largest absolute Gasteiger partial charge is 0.394 e. The first-order valence-corrected chi connectivity index (χ1v) is 7.74. The number of methoxy groups -OCH3 is 1. The third-order valence-corrected chi connectivity index (χ3v) is 4.34. The molecule has 1 aromatic heterocycles. The van der Waals surface area contributed by atoms with E-state index in [1.54, 1.807) is 0 Å². The normalized spacial score (nSPS) is 30.8. The van der Waals surface area contributed by atoms with Crippen molar-refractivity contribution in [3.05, 3.63) is 30.1 Å². The number of aliphatic hydroxyl groups excluding tert-OH is 3. The van der Waals surface area contributed by atoms with Crippen LogP contribution in [0.1, 0.15) is 5.82 Å². The van der Waals surface area contributed by atoms with E-state index in [9.17, 15) is 15.3 Å². The molecule has 5 atom stereocenters. The molecule has 2 aromatic rings. The number of nitrogens with zero attached hydrogens (tertiary/aromatic N) is 2. The van der Waals surface area contributed by atoms with E-state index < -0.39 is 37.3 Å². The topological polar surface area (TPSA) is 106 Å². The summed E-state index contributed by atoms with van der Waals surface area (Å²) in [4.78, 5) is 4.49. The zero-order valence-electron chi connectivity index (χ0n) is 13.6. The van der Waals surface area contributed by atoms with Gasteiger partial charge in [0.05, 0.1) is 17.6 Å². The Hall–Kier alpha value is -1.55. The SMILES string of the molecule is CO[C@@H]1O[C@H](CO)[C@H](O)[C@H](OCc2nc3ccccc3n2C)[C@H]1O. The van der Waals surface area contributed by atoms with Crippen LogP contribution in [0.5, 0.6) is 0 Å². The molecule has 1 aliphatic heterocycles. The minimum atomic E-state index is -1.18. The summed E-state index contributed by atoms with van der Waals surface area (Å²) < 4.78 is 17.9. The molecule has 1 aliphatic rings. The number of aryl methyl sites for hydroxylation is 1. The summed E-state index contributed by atoms with van der Waals surface area (Å²) in [5, 5.41) is 29.8. The highest BCUT2D eigenvalue weighted by atomic mass is 16.7. The molecule has 0 aliphatic carbocycles. The molecular formula is C16H22N2O6. The Morgan fingerprint density at radius 3 is 2.67 bits per heavy atom. The van der Waals surface area contributed by atoms with Gasteiger partial charge in [-0.15, -0.1) is 0 Å². The molecule has 0 bridgehead atoms. The van der Waals surface area contributed by atoms with Crippen LogP contribution in [0.3, 0.4) is 0 Å². The number of fused-ring (bicyclic) bond motifs is 1. The highest BCUT2D eigenvalue weighted by Gasteiger charge is 2.45. The Morgan fingerprint density at radius 2 is 2.00 bits per heavy atom. The Bertz CT molecular complexity index is 674. The standard InChI is InChI=1S/C16H22N2O6/c1-18-10-6-4-3-5-9(10)17-12(18)8-23-15-13(20)11(7-19)24-16(22-2)14(15)21/h3-6,11,13-16,19-21H,7-8H2,1-2H3/t11-,13+,14-,15+,16-/m1/s1.